The first-order valence-electron chi connectivity index (χ1n) is 7.97. The standard InChI is InChI=1S/C18H22F3NO2/c1-4-11(2)12(3)17(24)22-10-15(23)9-16(22)13-6-5-7-14(8-13)18(19,20)21/h5-8,15-16,23H,4,9-10H2,1-3H3/b12-11-. The summed E-state index contributed by atoms with van der Waals surface area (Å²) in [5.41, 5.74) is 1.18. The number of carbonyl (C=O) groups is 1. The zero-order chi connectivity index (χ0) is 18.1. The van der Waals surface area contributed by atoms with Gasteiger partial charge in [-0.25, -0.2) is 0 Å². The minimum atomic E-state index is -4.43. The van der Waals surface area contributed by atoms with Crippen LogP contribution in [0.1, 0.15) is 50.8 Å². The molecule has 1 amide bonds. The highest BCUT2D eigenvalue weighted by Crippen LogP contribution is 2.37. The van der Waals surface area contributed by atoms with E-state index in [4.69, 9.17) is 0 Å². The number of rotatable bonds is 3. The predicted octanol–water partition coefficient (Wildman–Crippen LogP) is 4.09. The number of carbonyl (C=O) groups excluding carboxylic acids is 1. The summed E-state index contributed by atoms with van der Waals surface area (Å²) in [6.45, 7) is 5.65. The fourth-order valence-corrected chi connectivity index (χ4v) is 2.94. The molecule has 1 aromatic rings. The Kier molecular flexibility index (Phi) is 5.38. The number of alkyl halides is 3. The van der Waals surface area contributed by atoms with E-state index in [1.165, 1.54) is 11.0 Å². The monoisotopic (exact) mass is 341 g/mol. The second-order valence-electron chi connectivity index (χ2n) is 6.24. The molecule has 1 N–H and O–H groups in total. The normalized spacial score (nSPS) is 22.5. The number of aliphatic hydroxyl groups is 1. The highest BCUT2D eigenvalue weighted by atomic mass is 19.4. The number of hydrogen-bond donors (Lipinski definition) is 1. The fraction of sp³-hybridized carbons (Fsp3) is 0.500. The van der Waals surface area contributed by atoms with Gasteiger partial charge < -0.3 is 10.0 Å². The Balaban J connectivity index is 2.36. The van der Waals surface area contributed by atoms with Gasteiger partial charge >= 0.3 is 6.18 Å². The van der Waals surface area contributed by atoms with E-state index in [0.717, 1.165) is 24.1 Å². The molecule has 1 heterocycles. The predicted molar refractivity (Wildman–Crippen MR) is 85.2 cm³/mol. The van der Waals surface area contributed by atoms with Crippen molar-refractivity contribution in [1.29, 1.82) is 0 Å². The van der Waals surface area contributed by atoms with Crippen molar-refractivity contribution in [3.63, 3.8) is 0 Å². The maximum absolute atomic E-state index is 12.9. The smallest absolute Gasteiger partial charge is 0.391 e. The van der Waals surface area contributed by atoms with Gasteiger partial charge in [-0.1, -0.05) is 24.6 Å². The lowest BCUT2D eigenvalue weighted by Gasteiger charge is -2.26. The number of likely N-dealkylation sites (tertiary alicyclic amines) is 1. The third-order valence-electron chi connectivity index (χ3n) is 4.63. The van der Waals surface area contributed by atoms with Crippen LogP contribution >= 0.6 is 0 Å². The van der Waals surface area contributed by atoms with Crippen LogP contribution in [0.25, 0.3) is 0 Å². The van der Waals surface area contributed by atoms with Crippen LogP contribution in [-0.4, -0.2) is 28.6 Å². The Labute approximate surface area is 139 Å². The number of allylic oxidation sites excluding steroid dienone is 1. The van der Waals surface area contributed by atoms with Gasteiger partial charge in [0.2, 0.25) is 5.91 Å². The fourth-order valence-electron chi connectivity index (χ4n) is 2.94. The van der Waals surface area contributed by atoms with Gasteiger partial charge in [0.05, 0.1) is 17.7 Å². The number of aliphatic hydroxyl groups excluding tert-OH is 1. The Bertz CT molecular complexity index is 652. The summed E-state index contributed by atoms with van der Waals surface area (Å²) < 4.78 is 38.8. The first kappa shape index (κ1) is 18.5. The second-order valence-corrected chi connectivity index (χ2v) is 6.24. The summed E-state index contributed by atoms with van der Waals surface area (Å²) in [4.78, 5) is 14.2. The molecule has 0 bridgehead atoms. The first-order chi connectivity index (χ1) is 11.1. The van der Waals surface area contributed by atoms with E-state index in [0.29, 0.717) is 11.1 Å². The van der Waals surface area contributed by atoms with Gasteiger partial charge in [0.15, 0.2) is 0 Å². The molecule has 1 saturated heterocycles. The van der Waals surface area contributed by atoms with Gasteiger partial charge in [0.25, 0.3) is 0 Å². The van der Waals surface area contributed by atoms with Crippen molar-refractivity contribution in [3.05, 3.63) is 46.5 Å². The van der Waals surface area contributed by atoms with Crippen LogP contribution in [0.5, 0.6) is 0 Å². The van der Waals surface area contributed by atoms with Gasteiger partial charge in [-0.3, -0.25) is 4.79 Å². The van der Waals surface area contributed by atoms with Gasteiger partial charge in [-0.05, 0) is 44.4 Å². The molecule has 0 saturated carbocycles. The van der Waals surface area contributed by atoms with E-state index in [-0.39, 0.29) is 18.9 Å². The minimum Gasteiger partial charge on any atom is -0.391 e. The van der Waals surface area contributed by atoms with Crippen molar-refractivity contribution in [3.8, 4) is 0 Å². The van der Waals surface area contributed by atoms with Gasteiger partial charge in [-0.15, -0.1) is 0 Å². The van der Waals surface area contributed by atoms with E-state index in [1.54, 1.807) is 13.0 Å². The molecule has 3 nitrogen and oxygen atoms in total. The third-order valence-corrected chi connectivity index (χ3v) is 4.63. The maximum atomic E-state index is 12.9. The maximum Gasteiger partial charge on any atom is 0.416 e. The lowest BCUT2D eigenvalue weighted by atomic mass is 10.00. The molecular formula is C18H22F3NO2. The molecule has 1 aromatic carbocycles. The highest BCUT2D eigenvalue weighted by Gasteiger charge is 2.37. The van der Waals surface area contributed by atoms with Crippen LogP contribution in [0.2, 0.25) is 0 Å². The average Bonchev–Trinajstić information content (AvgIpc) is 2.93. The molecule has 0 radical (unpaired) electrons. The average molecular weight is 341 g/mol. The molecule has 0 aliphatic carbocycles. The summed E-state index contributed by atoms with van der Waals surface area (Å²) in [5.74, 6) is -0.228. The Morgan fingerprint density at radius 3 is 2.58 bits per heavy atom. The Morgan fingerprint density at radius 1 is 1.33 bits per heavy atom. The lowest BCUT2D eigenvalue weighted by molar-refractivity contribution is -0.137. The van der Waals surface area contributed by atoms with Crippen LogP contribution in [0.4, 0.5) is 13.2 Å². The summed E-state index contributed by atoms with van der Waals surface area (Å²) in [6.07, 6.45) is -4.20. The summed E-state index contributed by atoms with van der Waals surface area (Å²) >= 11 is 0. The van der Waals surface area contributed by atoms with Gasteiger partial charge in [0.1, 0.15) is 0 Å². The van der Waals surface area contributed by atoms with E-state index in [9.17, 15) is 23.1 Å². The minimum absolute atomic E-state index is 0.133. The number of halogens is 3. The largest absolute Gasteiger partial charge is 0.416 e. The quantitative estimate of drug-likeness (QED) is 0.842. The summed E-state index contributed by atoms with van der Waals surface area (Å²) in [5, 5.41) is 9.95. The number of nitrogens with zero attached hydrogens (tertiary/aromatic N) is 1. The SMILES string of the molecule is CC/C(C)=C(/C)C(=O)N1CC(O)CC1c1cccc(C(F)(F)F)c1. The van der Waals surface area contributed by atoms with E-state index >= 15 is 0 Å². The van der Waals surface area contributed by atoms with Crippen LogP contribution in [0.15, 0.2) is 35.4 Å². The number of amides is 1. The second kappa shape index (κ2) is 6.97. The van der Waals surface area contributed by atoms with Crippen molar-refractivity contribution in [2.24, 2.45) is 0 Å². The molecule has 1 aliphatic rings. The van der Waals surface area contributed by atoms with Crippen molar-refractivity contribution >= 4 is 5.91 Å². The molecule has 24 heavy (non-hydrogen) atoms. The van der Waals surface area contributed by atoms with Crippen LogP contribution < -0.4 is 0 Å². The van der Waals surface area contributed by atoms with Gasteiger partial charge in [-0.2, -0.15) is 13.2 Å². The van der Waals surface area contributed by atoms with Crippen LogP contribution in [0.3, 0.4) is 0 Å². The topological polar surface area (TPSA) is 40.5 Å². The molecule has 6 heteroatoms. The summed E-state index contributed by atoms with van der Waals surface area (Å²) in [7, 11) is 0. The number of benzene rings is 1. The zero-order valence-electron chi connectivity index (χ0n) is 14.0. The van der Waals surface area contributed by atoms with E-state index < -0.39 is 23.9 Å². The van der Waals surface area contributed by atoms with Crippen molar-refractivity contribution in [2.75, 3.05) is 6.54 Å². The van der Waals surface area contributed by atoms with Crippen molar-refractivity contribution < 1.29 is 23.1 Å². The molecule has 2 atom stereocenters. The molecule has 2 unspecified atom stereocenters. The van der Waals surface area contributed by atoms with Crippen molar-refractivity contribution in [1.82, 2.24) is 4.90 Å². The molecular weight excluding hydrogens is 319 g/mol. The number of β-amino-alcohol motifs (C(OH)–C–C–N with tert-alkyl or cyclic N) is 1. The van der Waals surface area contributed by atoms with Gasteiger partial charge in [0, 0.05) is 12.1 Å². The third kappa shape index (κ3) is 3.80. The van der Waals surface area contributed by atoms with E-state index in [2.05, 4.69) is 0 Å². The molecule has 2 rings (SSSR count). The molecule has 132 valence electrons. The van der Waals surface area contributed by atoms with Crippen LogP contribution in [0, 0.1) is 0 Å². The van der Waals surface area contributed by atoms with E-state index in [1.807, 2.05) is 13.8 Å². The van der Waals surface area contributed by atoms with Crippen LogP contribution in [-0.2, 0) is 11.0 Å². The molecule has 1 aliphatic heterocycles. The molecule has 1 fully saturated rings. The highest BCUT2D eigenvalue weighted by molar-refractivity contribution is 5.94. The number of hydrogen-bond acceptors (Lipinski definition) is 2. The molecule has 0 spiro atoms. The molecule has 0 aromatic heterocycles. The Morgan fingerprint density at radius 2 is 2.00 bits per heavy atom. The summed E-state index contributed by atoms with van der Waals surface area (Å²) in [6, 6.07) is 4.44. The van der Waals surface area contributed by atoms with Crippen molar-refractivity contribution in [2.45, 2.75) is 51.9 Å². The lowest BCUT2D eigenvalue weighted by Crippen LogP contribution is -2.32. The zero-order valence-corrected chi connectivity index (χ0v) is 14.0. The Hall–Kier alpha value is -1.82. The first-order valence-corrected chi connectivity index (χ1v) is 7.97.